The molecule has 0 unspecified atom stereocenters. The Balaban J connectivity index is 2.92. The third-order valence-corrected chi connectivity index (χ3v) is 2.32. The molecule has 2 aromatic heterocycles. The lowest BCUT2D eigenvalue weighted by molar-refractivity contribution is 0.0997. The van der Waals surface area contributed by atoms with Crippen LogP contribution in [0.15, 0.2) is 18.5 Å². The average molecular weight is 189 g/mol. The summed E-state index contributed by atoms with van der Waals surface area (Å²) >= 11 is 0. The summed E-state index contributed by atoms with van der Waals surface area (Å²) in [6, 6.07) is 1.89. The summed E-state index contributed by atoms with van der Waals surface area (Å²) in [5.74, 6) is -0.489. The first kappa shape index (κ1) is 8.74. The molecule has 0 aliphatic carbocycles. The Morgan fingerprint density at radius 2 is 2.29 bits per heavy atom. The van der Waals surface area contributed by atoms with Crippen molar-refractivity contribution in [2.45, 2.75) is 6.92 Å². The Morgan fingerprint density at radius 1 is 1.57 bits per heavy atom. The zero-order valence-corrected chi connectivity index (χ0v) is 8.11. The lowest BCUT2D eigenvalue weighted by Crippen LogP contribution is -2.14. The molecule has 0 aromatic carbocycles. The number of aryl methyl sites for hydroxylation is 2. The second-order valence-corrected chi connectivity index (χ2v) is 3.34. The van der Waals surface area contributed by atoms with Gasteiger partial charge in [-0.15, -0.1) is 0 Å². The first-order valence-corrected chi connectivity index (χ1v) is 4.31. The van der Waals surface area contributed by atoms with Crippen molar-refractivity contribution in [1.29, 1.82) is 0 Å². The summed E-state index contributed by atoms with van der Waals surface area (Å²) in [6.07, 6.45) is 3.56. The fourth-order valence-electron chi connectivity index (χ4n) is 1.73. The van der Waals surface area contributed by atoms with Crippen molar-refractivity contribution >= 4 is 16.8 Å². The van der Waals surface area contributed by atoms with Gasteiger partial charge in [0.25, 0.3) is 5.91 Å². The topological polar surface area (TPSA) is 60.9 Å². The molecular formula is C10H11N3O. The van der Waals surface area contributed by atoms with Gasteiger partial charge in [-0.2, -0.15) is 0 Å². The first-order chi connectivity index (χ1) is 6.61. The minimum Gasteiger partial charge on any atom is -0.364 e. The van der Waals surface area contributed by atoms with E-state index < -0.39 is 5.91 Å². The highest BCUT2D eigenvalue weighted by Crippen LogP contribution is 2.21. The highest BCUT2D eigenvalue weighted by atomic mass is 16.1. The van der Waals surface area contributed by atoms with Crippen LogP contribution in [0.25, 0.3) is 10.9 Å². The summed E-state index contributed by atoms with van der Waals surface area (Å²) in [6.45, 7) is 1.99. The van der Waals surface area contributed by atoms with Crippen molar-refractivity contribution in [2.24, 2.45) is 12.8 Å². The van der Waals surface area contributed by atoms with E-state index in [-0.39, 0.29) is 0 Å². The normalized spacial score (nSPS) is 10.7. The number of pyridine rings is 1. The molecule has 0 saturated heterocycles. The number of carbonyl (C=O) groups excluding carboxylic acids is 1. The molecule has 0 spiro atoms. The van der Waals surface area contributed by atoms with Gasteiger partial charge in [0.1, 0.15) is 0 Å². The molecule has 2 N–H and O–H groups in total. The maximum Gasteiger partial charge on any atom is 0.269 e. The van der Waals surface area contributed by atoms with Crippen LogP contribution in [-0.2, 0) is 7.05 Å². The number of rotatable bonds is 1. The minimum absolute atomic E-state index is 0.332. The van der Waals surface area contributed by atoms with Crippen LogP contribution in [0.2, 0.25) is 0 Å². The number of amides is 1. The number of primary amides is 1. The van der Waals surface area contributed by atoms with Gasteiger partial charge in [-0.1, -0.05) is 0 Å². The molecule has 72 valence electrons. The molecule has 0 aliphatic heterocycles. The zero-order chi connectivity index (χ0) is 10.3. The van der Waals surface area contributed by atoms with Gasteiger partial charge in [0.05, 0.1) is 5.52 Å². The molecule has 0 fully saturated rings. The molecule has 2 heterocycles. The predicted molar refractivity (Wildman–Crippen MR) is 54.0 cm³/mol. The molecule has 4 nitrogen and oxygen atoms in total. The van der Waals surface area contributed by atoms with E-state index in [4.69, 9.17) is 5.73 Å². The van der Waals surface area contributed by atoms with Crippen molar-refractivity contribution in [2.75, 3.05) is 0 Å². The van der Waals surface area contributed by atoms with E-state index in [0.717, 1.165) is 16.5 Å². The Labute approximate surface area is 81.3 Å². The molecule has 2 aromatic rings. The van der Waals surface area contributed by atoms with E-state index in [1.165, 1.54) is 0 Å². The fourth-order valence-corrected chi connectivity index (χ4v) is 1.73. The van der Waals surface area contributed by atoms with Gasteiger partial charge in [0, 0.05) is 24.8 Å². The molecule has 4 heteroatoms. The van der Waals surface area contributed by atoms with Crippen molar-refractivity contribution in [1.82, 2.24) is 9.55 Å². The average Bonchev–Trinajstić information content (AvgIpc) is 2.43. The smallest absolute Gasteiger partial charge is 0.269 e. The molecule has 0 bridgehead atoms. The minimum atomic E-state index is -0.489. The summed E-state index contributed by atoms with van der Waals surface area (Å²) in [5.41, 5.74) is 7.50. The van der Waals surface area contributed by atoms with Crippen molar-refractivity contribution in [3.8, 4) is 0 Å². The van der Waals surface area contributed by atoms with Gasteiger partial charge in [0.2, 0.25) is 0 Å². The number of hydrogen-bond donors (Lipinski definition) is 1. The van der Waals surface area contributed by atoms with Crippen molar-refractivity contribution < 1.29 is 4.79 Å². The molecule has 14 heavy (non-hydrogen) atoms. The van der Waals surface area contributed by atoms with Crippen LogP contribution in [0.4, 0.5) is 0 Å². The largest absolute Gasteiger partial charge is 0.364 e. The van der Waals surface area contributed by atoms with E-state index in [2.05, 4.69) is 4.98 Å². The number of aromatic nitrogens is 2. The van der Waals surface area contributed by atoms with Gasteiger partial charge in [-0.05, 0) is 18.6 Å². The van der Waals surface area contributed by atoms with Crippen LogP contribution in [-0.4, -0.2) is 15.5 Å². The fraction of sp³-hybridized carbons (Fsp3) is 0.200. The molecule has 1 amide bonds. The zero-order valence-electron chi connectivity index (χ0n) is 8.11. The molecule has 0 saturated carbocycles. The third-order valence-electron chi connectivity index (χ3n) is 2.32. The summed E-state index contributed by atoms with van der Waals surface area (Å²) < 4.78 is 1.87. The summed E-state index contributed by atoms with van der Waals surface area (Å²) in [4.78, 5) is 15.1. The lowest BCUT2D eigenvalue weighted by Gasteiger charge is -2.00. The maximum atomic E-state index is 11.1. The summed E-state index contributed by atoms with van der Waals surface area (Å²) in [7, 11) is 1.88. The second-order valence-electron chi connectivity index (χ2n) is 3.34. The van der Waals surface area contributed by atoms with Crippen molar-refractivity contribution in [3.05, 3.63) is 29.7 Å². The first-order valence-electron chi connectivity index (χ1n) is 4.31. The van der Waals surface area contributed by atoms with Crippen LogP contribution >= 0.6 is 0 Å². The third kappa shape index (κ3) is 1.08. The van der Waals surface area contributed by atoms with Gasteiger partial charge in [-0.25, -0.2) is 4.98 Å². The molecule has 0 radical (unpaired) electrons. The van der Waals surface area contributed by atoms with Gasteiger partial charge >= 0.3 is 0 Å². The van der Waals surface area contributed by atoms with Gasteiger partial charge in [-0.3, -0.25) is 4.79 Å². The molecule has 0 atom stereocenters. The Kier molecular flexibility index (Phi) is 1.77. The van der Waals surface area contributed by atoms with Gasteiger partial charge < -0.3 is 10.3 Å². The Bertz CT molecular complexity index is 513. The number of hydrogen-bond acceptors (Lipinski definition) is 2. The number of nitrogens with two attached hydrogens (primary N) is 1. The SMILES string of the molecule is Cc1cn(C)c2c(C(N)=O)nccc12. The maximum absolute atomic E-state index is 11.1. The number of fused-ring (bicyclic) bond motifs is 1. The molecule has 0 aliphatic rings. The molecular weight excluding hydrogens is 178 g/mol. The van der Waals surface area contributed by atoms with E-state index in [1.807, 2.05) is 30.8 Å². The Hall–Kier alpha value is -1.84. The standard InChI is InChI=1S/C10H11N3O/c1-6-5-13(2)9-7(6)3-4-12-8(9)10(11)14/h3-5H,1-2H3,(H2,11,14). The second kappa shape index (κ2) is 2.83. The molecule has 2 rings (SSSR count). The van der Waals surface area contributed by atoms with Gasteiger partial charge in [0.15, 0.2) is 5.69 Å². The number of nitrogens with zero attached hydrogens (tertiary/aromatic N) is 2. The van der Waals surface area contributed by atoms with E-state index in [0.29, 0.717) is 5.69 Å². The monoisotopic (exact) mass is 189 g/mol. The lowest BCUT2D eigenvalue weighted by atomic mass is 10.2. The van der Waals surface area contributed by atoms with E-state index >= 15 is 0 Å². The number of carbonyl (C=O) groups is 1. The predicted octanol–water partition coefficient (Wildman–Crippen LogP) is 0.981. The Morgan fingerprint density at radius 3 is 2.93 bits per heavy atom. The van der Waals surface area contributed by atoms with E-state index in [1.54, 1.807) is 6.20 Å². The summed E-state index contributed by atoms with van der Waals surface area (Å²) in [5, 5.41) is 1.02. The van der Waals surface area contributed by atoms with Crippen LogP contribution in [0.3, 0.4) is 0 Å². The van der Waals surface area contributed by atoms with Crippen LogP contribution < -0.4 is 5.73 Å². The van der Waals surface area contributed by atoms with Crippen LogP contribution in [0, 0.1) is 6.92 Å². The van der Waals surface area contributed by atoms with E-state index in [9.17, 15) is 4.79 Å². The highest BCUT2D eigenvalue weighted by Gasteiger charge is 2.12. The highest BCUT2D eigenvalue weighted by molar-refractivity contribution is 6.04. The van der Waals surface area contributed by atoms with Crippen molar-refractivity contribution in [3.63, 3.8) is 0 Å². The van der Waals surface area contributed by atoms with Crippen LogP contribution in [0.5, 0.6) is 0 Å². The van der Waals surface area contributed by atoms with Crippen LogP contribution in [0.1, 0.15) is 16.1 Å². The quantitative estimate of drug-likeness (QED) is 0.726.